The fourth-order valence-electron chi connectivity index (χ4n) is 2.13. The predicted octanol–water partition coefficient (Wildman–Crippen LogP) is 1.47. The molecule has 112 valence electrons. The van der Waals surface area contributed by atoms with Crippen LogP contribution in [0.1, 0.15) is 6.92 Å². The molecule has 0 spiro atoms. The van der Waals surface area contributed by atoms with Crippen LogP contribution in [0.2, 0.25) is 5.02 Å². The Labute approximate surface area is 128 Å². The van der Waals surface area contributed by atoms with Gasteiger partial charge in [0.15, 0.2) is 6.10 Å². The van der Waals surface area contributed by atoms with Gasteiger partial charge in [-0.1, -0.05) is 11.6 Å². The first-order chi connectivity index (χ1) is 10.0. The monoisotopic (exact) mass is 308 g/mol. The molecule has 2 rings (SSSR count). The second kappa shape index (κ2) is 6.76. The van der Waals surface area contributed by atoms with Gasteiger partial charge in [-0.2, -0.15) is 5.26 Å². The van der Waals surface area contributed by atoms with Crippen molar-refractivity contribution in [3.63, 3.8) is 0 Å². The van der Waals surface area contributed by atoms with Crippen LogP contribution in [0.4, 0.5) is 11.4 Å². The Balaban J connectivity index is 1.99. The van der Waals surface area contributed by atoms with E-state index in [0.717, 1.165) is 0 Å². The third kappa shape index (κ3) is 3.85. The van der Waals surface area contributed by atoms with Crippen LogP contribution in [0.15, 0.2) is 18.2 Å². The minimum atomic E-state index is -0.486. The van der Waals surface area contributed by atoms with E-state index >= 15 is 0 Å². The van der Waals surface area contributed by atoms with Crippen LogP contribution >= 0.6 is 11.6 Å². The number of hydrogen-bond donors (Lipinski definition) is 2. The molecule has 0 aromatic heterocycles. The number of nitrogens with one attached hydrogen (secondary N) is 1. The molecule has 1 aromatic carbocycles. The summed E-state index contributed by atoms with van der Waals surface area (Å²) in [6.45, 7) is 3.29. The average Bonchev–Trinajstić information content (AvgIpc) is 2.50. The van der Waals surface area contributed by atoms with Crippen molar-refractivity contribution >= 4 is 28.9 Å². The van der Waals surface area contributed by atoms with Gasteiger partial charge in [0, 0.05) is 18.8 Å². The molecular weight excluding hydrogens is 292 g/mol. The van der Waals surface area contributed by atoms with Gasteiger partial charge in [0.25, 0.3) is 0 Å². The Bertz CT molecular complexity index is 573. The fraction of sp³-hybridized carbons (Fsp3) is 0.429. The summed E-state index contributed by atoms with van der Waals surface area (Å²) in [5, 5.41) is 12.1. The molecule has 7 heteroatoms. The summed E-state index contributed by atoms with van der Waals surface area (Å²) < 4.78 is 5.27. The molecule has 0 saturated carbocycles. The van der Waals surface area contributed by atoms with Gasteiger partial charge in [-0.3, -0.25) is 9.69 Å². The zero-order valence-corrected chi connectivity index (χ0v) is 12.4. The number of nitriles is 1. The number of rotatable bonds is 3. The van der Waals surface area contributed by atoms with E-state index in [1.54, 1.807) is 25.1 Å². The molecule has 1 heterocycles. The maximum Gasteiger partial charge on any atom is 0.241 e. The number of nitrogen functional groups attached to an aromatic ring is 1. The summed E-state index contributed by atoms with van der Waals surface area (Å²) in [5.74, 6) is -0.157. The zero-order chi connectivity index (χ0) is 15.4. The highest BCUT2D eigenvalue weighted by atomic mass is 35.5. The highest BCUT2D eigenvalue weighted by Crippen LogP contribution is 2.22. The minimum absolute atomic E-state index is 0.157. The maximum atomic E-state index is 12.3. The lowest BCUT2D eigenvalue weighted by Crippen LogP contribution is -2.50. The van der Waals surface area contributed by atoms with Crippen LogP contribution < -0.4 is 11.1 Å². The van der Waals surface area contributed by atoms with Crippen LogP contribution in [0.25, 0.3) is 0 Å². The summed E-state index contributed by atoms with van der Waals surface area (Å²) in [4.78, 5) is 14.2. The second-order valence-corrected chi connectivity index (χ2v) is 5.29. The Kier molecular flexibility index (Phi) is 5.02. The van der Waals surface area contributed by atoms with Crippen molar-refractivity contribution in [1.82, 2.24) is 4.90 Å². The van der Waals surface area contributed by atoms with Gasteiger partial charge in [-0.25, -0.2) is 0 Å². The number of anilines is 2. The highest BCUT2D eigenvalue weighted by Gasteiger charge is 2.27. The summed E-state index contributed by atoms with van der Waals surface area (Å²) in [6, 6.07) is 6.65. The summed E-state index contributed by atoms with van der Waals surface area (Å²) in [5.41, 5.74) is 6.72. The number of benzene rings is 1. The van der Waals surface area contributed by atoms with Gasteiger partial charge in [0.2, 0.25) is 5.91 Å². The lowest BCUT2D eigenvalue weighted by molar-refractivity contribution is -0.123. The Morgan fingerprint density at radius 3 is 3.10 bits per heavy atom. The Hall–Kier alpha value is -1.81. The van der Waals surface area contributed by atoms with Crippen molar-refractivity contribution in [3.05, 3.63) is 23.2 Å². The summed E-state index contributed by atoms with van der Waals surface area (Å²) in [7, 11) is 0. The SMILES string of the molecule is CC(C(=O)Nc1ccc(Cl)c(N)c1)N1CCOC(C#N)C1. The predicted molar refractivity (Wildman–Crippen MR) is 80.9 cm³/mol. The molecule has 1 aliphatic rings. The number of hydrogen-bond acceptors (Lipinski definition) is 5. The third-order valence-electron chi connectivity index (χ3n) is 3.43. The third-order valence-corrected chi connectivity index (χ3v) is 3.78. The van der Waals surface area contributed by atoms with E-state index in [-0.39, 0.29) is 11.9 Å². The van der Waals surface area contributed by atoms with Gasteiger partial charge >= 0.3 is 0 Å². The number of ether oxygens (including phenoxy) is 1. The molecule has 1 amide bonds. The molecule has 2 atom stereocenters. The lowest BCUT2D eigenvalue weighted by atomic mass is 10.2. The summed E-state index contributed by atoms with van der Waals surface area (Å²) in [6.07, 6.45) is -0.486. The van der Waals surface area contributed by atoms with Crippen molar-refractivity contribution < 1.29 is 9.53 Å². The molecule has 1 aromatic rings. The van der Waals surface area contributed by atoms with Crippen LogP contribution in [-0.4, -0.2) is 42.6 Å². The number of morpholine rings is 1. The highest BCUT2D eigenvalue weighted by molar-refractivity contribution is 6.33. The second-order valence-electron chi connectivity index (χ2n) is 4.88. The number of nitrogens with two attached hydrogens (primary N) is 1. The molecule has 0 bridgehead atoms. The molecule has 3 N–H and O–H groups in total. The van der Waals surface area contributed by atoms with E-state index < -0.39 is 6.10 Å². The topological polar surface area (TPSA) is 91.4 Å². The summed E-state index contributed by atoms with van der Waals surface area (Å²) >= 11 is 5.84. The van der Waals surface area contributed by atoms with Gasteiger partial charge in [-0.15, -0.1) is 0 Å². The van der Waals surface area contributed by atoms with E-state index in [1.165, 1.54) is 0 Å². The van der Waals surface area contributed by atoms with Crippen LogP contribution in [0, 0.1) is 11.3 Å². The standard InChI is InChI=1S/C14H17ClN4O2/c1-9(19-4-5-21-11(7-16)8-19)14(20)18-10-2-3-12(15)13(17)6-10/h2-3,6,9,11H,4-5,8,17H2,1H3,(H,18,20). The maximum absolute atomic E-state index is 12.3. The molecular formula is C14H17ClN4O2. The first-order valence-electron chi connectivity index (χ1n) is 6.62. The molecule has 0 aliphatic carbocycles. The van der Waals surface area contributed by atoms with Crippen molar-refractivity contribution in [3.8, 4) is 6.07 Å². The van der Waals surface area contributed by atoms with Crippen molar-refractivity contribution in [1.29, 1.82) is 5.26 Å². The van der Waals surface area contributed by atoms with Crippen molar-refractivity contribution in [2.45, 2.75) is 19.1 Å². The Morgan fingerprint density at radius 2 is 2.43 bits per heavy atom. The van der Waals surface area contributed by atoms with Crippen LogP contribution in [0.3, 0.4) is 0 Å². The van der Waals surface area contributed by atoms with E-state index in [0.29, 0.717) is 36.1 Å². The molecule has 21 heavy (non-hydrogen) atoms. The smallest absolute Gasteiger partial charge is 0.241 e. The van der Waals surface area contributed by atoms with Crippen LogP contribution in [-0.2, 0) is 9.53 Å². The lowest BCUT2D eigenvalue weighted by Gasteiger charge is -2.33. The minimum Gasteiger partial charge on any atom is -0.397 e. The van der Waals surface area contributed by atoms with E-state index in [2.05, 4.69) is 11.4 Å². The largest absolute Gasteiger partial charge is 0.397 e. The first-order valence-corrected chi connectivity index (χ1v) is 7.00. The molecule has 6 nitrogen and oxygen atoms in total. The number of amides is 1. The van der Waals surface area contributed by atoms with Gasteiger partial charge < -0.3 is 15.8 Å². The first kappa shape index (κ1) is 15.6. The van der Waals surface area contributed by atoms with Crippen LogP contribution in [0.5, 0.6) is 0 Å². The quantitative estimate of drug-likeness (QED) is 0.825. The number of nitrogens with zero attached hydrogens (tertiary/aromatic N) is 2. The molecule has 0 radical (unpaired) electrons. The molecule has 1 fully saturated rings. The van der Waals surface area contributed by atoms with Crippen molar-refractivity contribution in [2.75, 3.05) is 30.7 Å². The normalized spacial score (nSPS) is 20.5. The molecule has 1 saturated heterocycles. The fourth-order valence-corrected chi connectivity index (χ4v) is 2.25. The molecule has 2 unspecified atom stereocenters. The molecule has 1 aliphatic heterocycles. The number of halogens is 1. The number of carbonyl (C=O) groups is 1. The number of carbonyl (C=O) groups excluding carboxylic acids is 1. The van der Waals surface area contributed by atoms with Gasteiger partial charge in [0.1, 0.15) is 0 Å². The van der Waals surface area contributed by atoms with Gasteiger partial charge in [-0.05, 0) is 25.1 Å². The van der Waals surface area contributed by atoms with Crippen molar-refractivity contribution in [2.24, 2.45) is 0 Å². The van der Waals surface area contributed by atoms with E-state index in [9.17, 15) is 4.79 Å². The van der Waals surface area contributed by atoms with Gasteiger partial charge in [0.05, 0.1) is 29.4 Å². The van der Waals surface area contributed by atoms with E-state index in [4.69, 9.17) is 27.3 Å². The van der Waals surface area contributed by atoms with E-state index in [1.807, 2.05) is 4.90 Å². The Morgan fingerprint density at radius 1 is 1.67 bits per heavy atom. The average molecular weight is 309 g/mol. The zero-order valence-electron chi connectivity index (χ0n) is 11.7.